The number of hydrogen-bond acceptors (Lipinski definition) is 5. The second-order valence-corrected chi connectivity index (χ2v) is 6.01. The first-order chi connectivity index (χ1) is 9.90. The van der Waals surface area contributed by atoms with Gasteiger partial charge in [0.05, 0.1) is 13.2 Å². The molecule has 1 aromatic heterocycles. The van der Waals surface area contributed by atoms with Gasteiger partial charge in [-0.1, -0.05) is 38.8 Å². The summed E-state index contributed by atoms with van der Waals surface area (Å²) in [7, 11) is 0. The smallest absolute Gasteiger partial charge is 0.249 e. The molecule has 1 rings (SSSR count). The fourth-order valence-corrected chi connectivity index (χ4v) is 1.82. The van der Waals surface area contributed by atoms with E-state index in [1.807, 2.05) is 6.07 Å². The molecule has 0 aliphatic carbocycles. The Balaban J connectivity index is 2.43. The number of nitrogens with zero attached hydrogens (tertiary/aromatic N) is 1. The van der Waals surface area contributed by atoms with Gasteiger partial charge in [0.1, 0.15) is 17.6 Å². The summed E-state index contributed by atoms with van der Waals surface area (Å²) in [6.07, 6.45) is 2.93. The number of aliphatic hydroxyl groups excluding tert-OH is 2. The quantitative estimate of drug-likeness (QED) is 0.599. The average molecular weight is 298 g/mol. The standard InChI is InChI=1S/C15H26N2O4/c1-4-5-6-7-12-8-11(17-21-12)9-16-14(20)13(19)15(2,3)10-18/h8,13,18-19H,4-7,9-10H2,1-3H3,(H,16,20)/t13-/m0/s1. The second-order valence-electron chi connectivity index (χ2n) is 6.01. The van der Waals surface area contributed by atoms with Crippen molar-refractivity contribution in [2.75, 3.05) is 6.61 Å². The van der Waals surface area contributed by atoms with Crippen molar-refractivity contribution < 1.29 is 19.5 Å². The number of aliphatic hydroxyl groups is 2. The molecular weight excluding hydrogens is 272 g/mol. The molecule has 120 valence electrons. The molecule has 6 heteroatoms. The molecule has 6 nitrogen and oxygen atoms in total. The first kappa shape index (κ1) is 17.7. The van der Waals surface area contributed by atoms with Gasteiger partial charge in [0, 0.05) is 17.9 Å². The predicted molar refractivity (Wildman–Crippen MR) is 78.5 cm³/mol. The van der Waals surface area contributed by atoms with E-state index in [0.717, 1.165) is 31.4 Å². The molecule has 0 unspecified atom stereocenters. The Morgan fingerprint density at radius 2 is 2.19 bits per heavy atom. The Kier molecular flexibility index (Phi) is 6.84. The Morgan fingerprint density at radius 3 is 2.81 bits per heavy atom. The van der Waals surface area contributed by atoms with Crippen molar-refractivity contribution in [3.8, 4) is 0 Å². The molecule has 0 fully saturated rings. The lowest BCUT2D eigenvalue weighted by atomic mass is 9.87. The maximum Gasteiger partial charge on any atom is 0.249 e. The largest absolute Gasteiger partial charge is 0.396 e. The van der Waals surface area contributed by atoms with Crippen LogP contribution in [-0.2, 0) is 17.8 Å². The maximum atomic E-state index is 11.8. The summed E-state index contributed by atoms with van der Waals surface area (Å²) in [5.74, 6) is 0.286. The Hall–Kier alpha value is -1.40. The van der Waals surface area contributed by atoms with E-state index in [4.69, 9.17) is 9.63 Å². The molecular formula is C15H26N2O4. The number of aromatic nitrogens is 1. The van der Waals surface area contributed by atoms with Crippen LogP contribution in [0, 0.1) is 5.41 Å². The van der Waals surface area contributed by atoms with E-state index in [0.29, 0.717) is 5.69 Å². The minimum Gasteiger partial charge on any atom is -0.396 e. The number of hydrogen-bond donors (Lipinski definition) is 3. The normalized spacial score (nSPS) is 13.2. The van der Waals surface area contributed by atoms with Crippen molar-refractivity contribution in [3.63, 3.8) is 0 Å². The average Bonchev–Trinajstić information content (AvgIpc) is 2.92. The fraction of sp³-hybridized carbons (Fsp3) is 0.733. The molecule has 1 amide bonds. The topological polar surface area (TPSA) is 95.6 Å². The van der Waals surface area contributed by atoms with Crippen LogP contribution in [0.5, 0.6) is 0 Å². The predicted octanol–water partition coefficient (Wildman–Crippen LogP) is 1.40. The zero-order valence-electron chi connectivity index (χ0n) is 13.1. The molecule has 3 N–H and O–H groups in total. The van der Waals surface area contributed by atoms with Crippen molar-refractivity contribution in [1.29, 1.82) is 0 Å². The van der Waals surface area contributed by atoms with E-state index < -0.39 is 17.4 Å². The minimum absolute atomic E-state index is 0.203. The molecule has 0 saturated heterocycles. The van der Waals surface area contributed by atoms with Crippen LogP contribution < -0.4 is 5.32 Å². The van der Waals surface area contributed by atoms with E-state index in [2.05, 4.69) is 17.4 Å². The van der Waals surface area contributed by atoms with Crippen LogP contribution in [0.2, 0.25) is 0 Å². The second kappa shape index (κ2) is 8.14. The molecule has 1 atom stereocenters. The van der Waals surface area contributed by atoms with Gasteiger partial charge in [-0.25, -0.2) is 0 Å². The van der Waals surface area contributed by atoms with Gasteiger partial charge in [-0.3, -0.25) is 4.79 Å². The number of rotatable bonds is 9. The Morgan fingerprint density at radius 1 is 1.48 bits per heavy atom. The highest BCUT2D eigenvalue weighted by atomic mass is 16.5. The lowest BCUT2D eigenvalue weighted by Gasteiger charge is -2.26. The van der Waals surface area contributed by atoms with Gasteiger partial charge in [-0.05, 0) is 6.42 Å². The Bertz CT molecular complexity index is 443. The van der Waals surface area contributed by atoms with Crippen LogP contribution in [-0.4, -0.2) is 34.0 Å². The van der Waals surface area contributed by atoms with E-state index in [1.54, 1.807) is 13.8 Å². The molecule has 21 heavy (non-hydrogen) atoms. The van der Waals surface area contributed by atoms with Crippen LogP contribution >= 0.6 is 0 Å². The number of unbranched alkanes of at least 4 members (excludes halogenated alkanes) is 2. The third-order valence-corrected chi connectivity index (χ3v) is 3.47. The zero-order chi connectivity index (χ0) is 15.9. The van der Waals surface area contributed by atoms with Crippen molar-refractivity contribution in [2.45, 2.75) is 59.1 Å². The molecule has 1 aromatic rings. The molecule has 0 bridgehead atoms. The molecule has 0 saturated carbocycles. The van der Waals surface area contributed by atoms with Crippen molar-refractivity contribution in [3.05, 3.63) is 17.5 Å². The van der Waals surface area contributed by atoms with Gasteiger partial charge in [-0.2, -0.15) is 0 Å². The Labute approximate surface area is 125 Å². The van der Waals surface area contributed by atoms with E-state index in [1.165, 1.54) is 0 Å². The number of amides is 1. The molecule has 0 spiro atoms. The van der Waals surface area contributed by atoms with Crippen molar-refractivity contribution >= 4 is 5.91 Å². The van der Waals surface area contributed by atoms with E-state index in [-0.39, 0.29) is 13.2 Å². The SMILES string of the molecule is CCCCCc1cc(CNC(=O)[C@H](O)C(C)(C)CO)no1. The highest BCUT2D eigenvalue weighted by Crippen LogP contribution is 2.19. The summed E-state index contributed by atoms with van der Waals surface area (Å²) < 4.78 is 5.19. The maximum absolute atomic E-state index is 11.8. The first-order valence-corrected chi connectivity index (χ1v) is 7.41. The lowest BCUT2D eigenvalue weighted by molar-refractivity contribution is -0.137. The number of carbonyl (C=O) groups excluding carboxylic acids is 1. The monoisotopic (exact) mass is 298 g/mol. The third kappa shape index (κ3) is 5.47. The number of carbonyl (C=O) groups is 1. The molecule has 0 aromatic carbocycles. The summed E-state index contributed by atoms with van der Waals surface area (Å²) in [5, 5.41) is 25.5. The summed E-state index contributed by atoms with van der Waals surface area (Å²) in [4.78, 5) is 11.8. The number of nitrogens with one attached hydrogen (secondary N) is 1. The van der Waals surface area contributed by atoms with Crippen LogP contribution in [0.1, 0.15) is 51.5 Å². The van der Waals surface area contributed by atoms with Crippen molar-refractivity contribution in [2.24, 2.45) is 5.41 Å². The van der Waals surface area contributed by atoms with Crippen LogP contribution in [0.4, 0.5) is 0 Å². The minimum atomic E-state index is -1.27. The van der Waals surface area contributed by atoms with Gasteiger partial charge < -0.3 is 20.1 Å². The number of aryl methyl sites for hydroxylation is 1. The van der Waals surface area contributed by atoms with Gasteiger partial charge in [0.2, 0.25) is 5.91 Å². The van der Waals surface area contributed by atoms with Gasteiger partial charge in [0.25, 0.3) is 0 Å². The lowest BCUT2D eigenvalue weighted by Crippen LogP contribution is -2.45. The van der Waals surface area contributed by atoms with Crippen LogP contribution in [0.25, 0.3) is 0 Å². The molecule has 0 aliphatic rings. The summed E-state index contributed by atoms with van der Waals surface area (Å²) in [5.41, 5.74) is -0.247. The molecule has 1 heterocycles. The van der Waals surface area contributed by atoms with Gasteiger partial charge >= 0.3 is 0 Å². The fourth-order valence-electron chi connectivity index (χ4n) is 1.82. The van der Waals surface area contributed by atoms with Crippen LogP contribution in [0.15, 0.2) is 10.6 Å². The zero-order valence-corrected chi connectivity index (χ0v) is 13.1. The van der Waals surface area contributed by atoms with Crippen LogP contribution in [0.3, 0.4) is 0 Å². The van der Waals surface area contributed by atoms with Crippen molar-refractivity contribution in [1.82, 2.24) is 10.5 Å². The summed E-state index contributed by atoms with van der Waals surface area (Å²) in [6.45, 7) is 5.32. The summed E-state index contributed by atoms with van der Waals surface area (Å²) in [6, 6.07) is 1.82. The highest BCUT2D eigenvalue weighted by molar-refractivity contribution is 5.81. The summed E-state index contributed by atoms with van der Waals surface area (Å²) >= 11 is 0. The third-order valence-electron chi connectivity index (χ3n) is 3.47. The highest BCUT2D eigenvalue weighted by Gasteiger charge is 2.32. The molecule has 0 aliphatic heterocycles. The first-order valence-electron chi connectivity index (χ1n) is 7.41. The van der Waals surface area contributed by atoms with Gasteiger partial charge in [0.15, 0.2) is 0 Å². The van der Waals surface area contributed by atoms with E-state index in [9.17, 15) is 9.90 Å². The molecule has 0 radical (unpaired) electrons. The van der Waals surface area contributed by atoms with Gasteiger partial charge in [-0.15, -0.1) is 0 Å². The van der Waals surface area contributed by atoms with E-state index >= 15 is 0 Å².